The van der Waals surface area contributed by atoms with Crippen LogP contribution in [0.5, 0.6) is 17.2 Å². The molecule has 2 aromatic carbocycles. The molecular formula is C22H27NO5. The number of ether oxygens (including phenoxy) is 4. The van der Waals surface area contributed by atoms with Gasteiger partial charge in [0.05, 0.1) is 26.7 Å². The summed E-state index contributed by atoms with van der Waals surface area (Å²) in [6.45, 7) is 1.74. The molecule has 1 fully saturated rings. The molecule has 0 saturated carbocycles. The lowest BCUT2D eigenvalue weighted by molar-refractivity contribution is -0.120. The molecule has 1 aliphatic heterocycles. The number of para-hydroxylation sites is 1. The van der Waals surface area contributed by atoms with E-state index in [4.69, 9.17) is 18.9 Å². The highest BCUT2D eigenvalue weighted by atomic mass is 16.5. The van der Waals surface area contributed by atoms with Crippen LogP contribution >= 0.6 is 0 Å². The van der Waals surface area contributed by atoms with Crippen molar-refractivity contribution in [2.24, 2.45) is 0 Å². The Morgan fingerprint density at radius 2 is 1.93 bits per heavy atom. The summed E-state index contributed by atoms with van der Waals surface area (Å²) in [6, 6.07) is 13.2. The van der Waals surface area contributed by atoms with E-state index in [1.165, 1.54) is 0 Å². The van der Waals surface area contributed by atoms with Gasteiger partial charge in [0.25, 0.3) is 0 Å². The number of benzene rings is 2. The molecule has 6 heteroatoms. The Morgan fingerprint density at radius 3 is 2.68 bits per heavy atom. The van der Waals surface area contributed by atoms with Gasteiger partial charge in [-0.2, -0.15) is 0 Å². The van der Waals surface area contributed by atoms with Gasteiger partial charge in [0.1, 0.15) is 12.4 Å². The summed E-state index contributed by atoms with van der Waals surface area (Å²) in [5.74, 6) is 1.98. The molecule has 28 heavy (non-hydrogen) atoms. The first-order valence-electron chi connectivity index (χ1n) is 9.49. The van der Waals surface area contributed by atoms with Gasteiger partial charge in [-0.05, 0) is 36.6 Å². The number of nitrogens with one attached hydrogen (secondary N) is 1. The number of carbonyl (C=O) groups excluding carboxylic acids is 1. The predicted molar refractivity (Wildman–Crippen MR) is 106 cm³/mol. The first kappa shape index (κ1) is 20.0. The molecule has 0 spiro atoms. The molecule has 1 N–H and O–H groups in total. The Labute approximate surface area is 165 Å². The summed E-state index contributed by atoms with van der Waals surface area (Å²) < 4.78 is 22.2. The monoisotopic (exact) mass is 385 g/mol. The molecule has 1 unspecified atom stereocenters. The zero-order valence-corrected chi connectivity index (χ0v) is 16.4. The normalized spacial score (nSPS) is 15.9. The molecule has 1 heterocycles. The summed E-state index contributed by atoms with van der Waals surface area (Å²) in [5, 5.41) is 2.94. The smallest absolute Gasteiger partial charge is 0.224 e. The van der Waals surface area contributed by atoms with Crippen LogP contribution in [-0.2, 0) is 22.5 Å². The van der Waals surface area contributed by atoms with Crippen molar-refractivity contribution in [1.82, 2.24) is 5.32 Å². The summed E-state index contributed by atoms with van der Waals surface area (Å²) in [5.41, 5.74) is 1.80. The molecule has 1 amide bonds. The van der Waals surface area contributed by atoms with Gasteiger partial charge in [-0.25, -0.2) is 0 Å². The van der Waals surface area contributed by atoms with Crippen LogP contribution in [0.4, 0.5) is 0 Å². The molecule has 6 nitrogen and oxygen atoms in total. The van der Waals surface area contributed by atoms with Crippen molar-refractivity contribution >= 4 is 5.91 Å². The van der Waals surface area contributed by atoms with Crippen molar-refractivity contribution in [3.63, 3.8) is 0 Å². The second-order valence-electron chi connectivity index (χ2n) is 6.70. The van der Waals surface area contributed by atoms with Crippen LogP contribution in [0.15, 0.2) is 42.5 Å². The van der Waals surface area contributed by atoms with E-state index in [0.29, 0.717) is 30.4 Å². The number of rotatable bonds is 9. The minimum absolute atomic E-state index is 0.0674. The average molecular weight is 385 g/mol. The van der Waals surface area contributed by atoms with Gasteiger partial charge < -0.3 is 24.3 Å². The van der Waals surface area contributed by atoms with Gasteiger partial charge in [-0.1, -0.05) is 24.3 Å². The summed E-state index contributed by atoms with van der Waals surface area (Å²) in [6.07, 6.45) is 2.53. The molecule has 1 aliphatic rings. The lowest BCUT2D eigenvalue weighted by atomic mass is 10.1. The third-order valence-corrected chi connectivity index (χ3v) is 4.71. The SMILES string of the molecule is COc1ccccc1CC(=O)NCc1ccc(OCC2CCCO2)c(OC)c1. The molecule has 1 saturated heterocycles. The maximum atomic E-state index is 12.3. The Balaban J connectivity index is 1.54. The molecule has 0 aliphatic carbocycles. The average Bonchev–Trinajstić information content (AvgIpc) is 3.25. The third kappa shape index (κ3) is 5.39. The fourth-order valence-corrected chi connectivity index (χ4v) is 3.18. The van der Waals surface area contributed by atoms with Gasteiger partial charge in [-0.15, -0.1) is 0 Å². The summed E-state index contributed by atoms with van der Waals surface area (Å²) in [4.78, 5) is 12.3. The lowest BCUT2D eigenvalue weighted by Crippen LogP contribution is -2.24. The first-order chi connectivity index (χ1) is 13.7. The van der Waals surface area contributed by atoms with Crippen molar-refractivity contribution in [3.05, 3.63) is 53.6 Å². The number of hydrogen-bond donors (Lipinski definition) is 1. The van der Waals surface area contributed by atoms with Gasteiger partial charge in [0.15, 0.2) is 11.5 Å². The maximum Gasteiger partial charge on any atom is 0.224 e. The van der Waals surface area contributed by atoms with Crippen LogP contribution < -0.4 is 19.5 Å². The van der Waals surface area contributed by atoms with Crippen molar-refractivity contribution in [1.29, 1.82) is 0 Å². The van der Waals surface area contributed by atoms with Crippen molar-refractivity contribution < 1.29 is 23.7 Å². The van der Waals surface area contributed by atoms with Crippen LogP contribution in [-0.4, -0.2) is 39.4 Å². The minimum atomic E-state index is -0.0674. The quantitative estimate of drug-likeness (QED) is 0.718. The van der Waals surface area contributed by atoms with Crippen LogP contribution in [0.2, 0.25) is 0 Å². The molecular weight excluding hydrogens is 358 g/mol. The topological polar surface area (TPSA) is 66.0 Å². The maximum absolute atomic E-state index is 12.3. The van der Waals surface area contributed by atoms with Crippen LogP contribution in [0, 0.1) is 0 Å². The second-order valence-corrected chi connectivity index (χ2v) is 6.70. The van der Waals surface area contributed by atoms with E-state index >= 15 is 0 Å². The second kappa shape index (κ2) is 9.99. The van der Waals surface area contributed by atoms with Gasteiger partial charge in [-0.3, -0.25) is 4.79 Å². The fourth-order valence-electron chi connectivity index (χ4n) is 3.18. The molecule has 0 bridgehead atoms. The Morgan fingerprint density at radius 1 is 1.11 bits per heavy atom. The highest BCUT2D eigenvalue weighted by molar-refractivity contribution is 5.79. The number of hydrogen-bond acceptors (Lipinski definition) is 5. The molecule has 2 aromatic rings. The predicted octanol–water partition coefficient (Wildman–Crippen LogP) is 3.12. The van der Waals surface area contributed by atoms with E-state index < -0.39 is 0 Å². The first-order valence-corrected chi connectivity index (χ1v) is 9.49. The van der Waals surface area contributed by atoms with Gasteiger partial charge in [0.2, 0.25) is 5.91 Å². The Kier molecular flexibility index (Phi) is 7.14. The van der Waals surface area contributed by atoms with Crippen LogP contribution in [0.1, 0.15) is 24.0 Å². The van der Waals surface area contributed by atoms with E-state index in [0.717, 1.165) is 30.6 Å². The van der Waals surface area contributed by atoms with Crippen molar-refractivity contribution in [2.75, 3.05) is 27.4 Å². The molecule has 0 aromatic heterocycles. The summed E-state index contributed by atoms with van der Waals surface area (Å²) in [7, 11) is 3.21. The van der Waals surface area contributed by atoms with Gasteiger partial charge >= 0.3 is 0 Å². The largest absolute Gasteiger partial charge is 0.496 e. The number of carbonyl (C=O) groups is 1. The number of amides is 1. The Hall–Kier alpha value is -2.73. The van der Waals surface area contributed by atoms with Gasteiger partial charge in [0, 0.05) is 18.7 Å². The number of methoxy groups -OCH3 is 2. The summed E-state index contributed by atoms with van der Waals surface area (Å²) >= 11 is 0. The lowest BCUT2D eigenvalue weighted by Gasteiger charge is -2.15. The van der Waals surface area contributed by atoms with E-state index in [2.05, 4.69) is 5.32 Å². The van der Waals surface area contributed by atoms with E-state index in [-0.39, 0.29) is 18.4 Å². The highest BCUT2D eigenvalue weighted by Gasteiger charge is 2.17. The molecule has 3 rings (SSSR count). The van der Waals surface area contributed by atoms with E-state index in [1.807, 2.05) is 42.5 Å². The van der Waals surface area contributed by atoms with Crippen molar-refractivity contribution in [2.45, 2.75) is 31.9 Å². The molecule has 150 valence electrons. The van der Waals surface area contributed by atoms with Crippen LogP contribution in [0.25, 0.3) is 0 Å². The minimum Gasteiger partial charge on any atom is -0.496 e. The Bertz CT molecular complexity index is 786. The fraction of sp³-hybridized carbons (Fsp3) is 0.409. The van der Waals surface area contributed by atoms with E-state index in [1.54, 1.807) is 14.2 Å². The van der Waals surface area contributed by atoms with Crippen LogP contribution in [0.3, 0.4) is 0 Å². The van der Waals surface area contributed by atoms with E-state index in [9.17, 15) is 4.79 Å². The molecule has 0 radical (unpaired) electrons. The zero-order valence-electron chi connectivity index (χ0n) is 16.4. The third-order valence-electron chi connectivity index (χ3n) is 4.71. The van der Waals surface area contributed by atoms with Crippen molar-refractivity contribution in [3.8, 4) is 17.2 Å². The highest BCUT2D eigenvalue weighted by Crippen LogP contribution is 2.29. The molecule has 1 atom stereocenters. The standard InChI is InChI=1S/C22H27NO5/c1-25-19-8-4-3-6-17(19)13-22(24)23-14-16-9-10-20(21(12-16)26-2)28-15-18-7-5-11-27-18/h3-4,6,8-10,12,18H,5,7,11,13-15H2,1-2H3,(H,23,24). The zero-order chi connectivity index (χ0) is 19.8.